The number of esters is 2. The van der Waals surface area contributed by atoms with Gasteiger partial charge in [0.1, 0.15) is 17.6 Å². The summed E-state index contributed by atoms with van der Waals surface area (Å²) in [4.78, 5) is 80.9. The van der Waals surface area contributed by atoms with Gasteiger partial charge >= 0.3 is 23.9 Å². The van der Waals surface area contributed by atoms with Crippen LogP contribution < -0.4 is 14.4 Å². The van der Waals surface area contributed by atoms with Crippen LogP contribution in [0.5, 0.6) is 11.5 Å². The number of hydrogen-bond donors (Lipinski definition) is 1. The number of anilines is 1. The third-order valence-electron chi connectivity index (χ3n) is 11.8. The largest absolute Gasteiger partial charge is 0.423 e. The molecule has 12 nitrogen and oxygen atoms in total. The lowest BCUT2D eigenvalue weighted by Crippen LogP contribution is -2.21. The second kappa shape index (κ2) is 34.4. The molecule has 0 aliphatic rings. The van der Waals surface area contributed by atoms with Gasteiger partial charge in [-0.3, -0.25) is 9.59 Å². The van der Waals surface area contributed by atoms with Crippen molar-refractivity contribution in [1.82, 2.24) is 0 Å². The highest BCUT2D eigenvalue weighted by Crippen LogP contribution is 2.26. The second-order valence-electron chi connectivity index (χ2n) is 18.0. The molecule has 0 heterocycles. The van der Waals surface area contributed by atoms with E-state index in [2.05, 4.69) is 65.9 Å². The van der Waals surface area contributed by atoms with E-state index in [1.165, 1.54) is 5.69 Å². The van der Waals surface area contributed by atoms with E-state index >= 15 is 0 Å². The number of ether oxygens (including phenoxy) is 2. The number of para-hydroxylation sites is 1. The van der Waals surface area contributed by atoms with Gasteiger partial charge in [0.25, 0.3) is 0 Å². The lowest BCUT2D eigenvalue weighted by Gasteiger charge is -2.20. The summed E-state index contributed by atoms with van der Waals surface area (Å²) in [5, 5.41) is 9.89. The maximum atomic E-state index is 11.9. The van der Waals surface area contributed by atoms with Crippen molar-refractivity contribution in [3.05, 3.63) is 319 Å². The average Bonchev–Trinajstić information content (AvgIpc) is 3.55. The first-order chi connectivity index (χ1) is 40.2. The first-order valence-corrected chi connectivity index (χ1v) is 26.4. The monoisotopic (exact) mass is 1110 g/mol. The first kappa shape index (κ1) is 63.3. The number of Topliss-reactive ketones (excluding diaryl/α,β-unsaturated/α-hetero) is 1. The van der Waals surface area contributed by atoms with Gasteiger partial charge in [-0.2, -0.15) is 0 Å². The van der Waals surface area contributed by atoms with Crippen molar-refractivity contribution >= 4 is 41.1 Å². The molecule has 1 atom stereocenters. The highest BCUT2D eigenvalue weighted by molar-refractivity contribution is 6.09. The molecule has 1 N–H and O–H groups in total. The Labute approximate surface area is 485 Å². The van der Waals surface area contributed by atoms with Crippen molar-refractivity contribution in [2.45, 2.75) is 33.8 Å². The number of hydrogen-bond acceptors (Lipinski definition) is 12. The number of aliphatic hydroxyl groups is 1. The molecule has 83 heavy (non-hydrogen) atoms. The fourth-order valence-electron chi connectivity index (χ4n) is 7.26. The molecule has 0 aliphatic carbocycles. The van der Waals surface area contributed by atoms with Crippen LogP contribution in [-0.4, -0.2) is 53.6 Å². The van der Waals surface area contributed by atoms with Gasteiger partial charge in [0.15, 0.2) is 11.6 Å². The van der Waals surface area contributed by atoms with E-state index in [4.69, 9.17) is 9.47 Å². The number of rotatable bonds is 15. The number of benzene rings is 9. The second-order valence-corrected chi connectivity index (χ2v) is 18.0. The predicted molar refractivity (Wildman–Crippen MR) is 325 cm³/mol. The lowest BCUT2D eigenvalue weighted by molar-refractivity contribution is -0.187. The Kier molecular flexibility index (Phi) is 26.3. The van der Waals surface area contributed by atoms with Crippen LogP contribution in [0.25, 0.3) is 11.1 Å². The minimum absolute atomic E-state index is 0.0752. The molecule has 0 amide bonds. The van der Waals surface area contributed by atoms with E-state index in [1.807, 2.05) is 103 Å². The highest BCUT2D eigenvalue weighted by Gasteiger charge is 2.18. The van der Waals surface area contributed by atoms with Crippen molar-refractivity contribution in [1.29, 1.82) is 0 Å². The van der Waals surface area contributed by atoms with E-state index in [-0.39, 0.29) is 11.6 Å². The molecular formula is C71H65NO11. The van der Waals surface area contributed by atoms with Gasteiger partial charge in [-0.15, -0.1) is 0 Å². The van der Waals surface area contributed by atoms with Crippen molar-refractivity contribution in [3.8, 4) is 22.6 Å². The SMILES string of the molecule is C=C(C)C(=O)Oc1ccc(-c2ccc(OC(=O)C(=C)C)cc2)cc1.CCN(CC)c1ccccc1.O=C(OOC(=O)c1ccccc1)c1ccccc1.O=C(c1ccccc1)C(O)c1ccccc1.O=C(c1ccccc1)c1ccccc1. The Morgan fingerprint density at radius 1 is 0.398 bits per heavy atom. The molecule has 0 spiro atoms. The van der Waals surface area contributed by atoms with Crippen LogP contribution in [0.15, 0.2) is 285 Å². The van der Waals surface area contributed by atoms with Crippen LogP contribution in [0.2, 0.25) is 0 Å². The molecule has 0 fully saturated rings. The van der Waals surface area contributed by atoms with Gasteiger partial charge in [0, 0.05) is 46.6 Å². The molecule has 0 aromatic heterocycles. The van der Waals surface area contributed by atoms with Crippen LogP contribution in [0.1, 0.15) is 86.4 Å². The number of aliphatic hydroxyl groups excluding tert-OH is 1. The molecule has 0 bridgehead atoms. The van der Waals surface area contributed by atoms with Crippen LogP contribution in [-0.2, 0) is 19.4 Å². The third kappa shape index (κ3) is 21.5. The van der Waals surface area contributed by atoms with Gasteiger partial charge in [0.2, 0.25) is 0 Å². The highest BCUT2D eigenvalue weighted by atomic mass is 17.2. The predicted octanol–water partition coefficient (Wildman–Crippen LogP) is 15.0. The summed E-state index contributed by atoms with van der Waals surface area (Å²) < 4.78 is 10.3. The number of ketones is 2. The van der Waals surface area contributed by atoms with Crippen LogP contribution >= 0.6 is 0 Å². The summed E-state index contributed by atoms with van der Waals surface area (Å²) in [6.45, 7) is 16.8. The van der Waals surface area contributed by atoms with Crippen LogP contribution in [0, 0.1) is 0 Å². The third-order valence-corrected chi connectivity index (χ3v) is 11.8. The van der Waals surface area contributed by atoms with E-state index in [0.29, 0.717) is 44.9 Å². The summed E-state index contributed by atoms with van der Waals surface area (Å²) >= 11 is 0. The number of nitrogens with zero attached hydrogens (tertiary/aromatic N) is 1. The number of carbonyl (C=O) groups is 6. The topological polar surface area (TPSA) is 163 Å². The van der Waals surface area contributed by atoms with Gasteiger partial charge < -0.3 is 19.5 Å². The Hall–Kier alpha value is -10.6. The molecular weight excluding hydrogens is 1040 g/mol. The zero-order valence-corrected chi connectivity index (χ0v) is 46.7. The molecule has 0 saturated carbocycles. The molecule has 0 saturated heterocycles. The summed E-state index contributed by atoms with van der Waals surface area (Å²) in [7, 11) is 0. The van der Waals surface area contributed by atoms with Crippen molar-refractivity contribution in [3.63, 3.8) is 0 Å². The quantitative estimate of drug-likeness (QED) is 0.0259. The molecule has 0 radical (unpaired) electrons. The summed E-state index contributed by atoms with van der Waals surface area (Å²) in [6, 6.07) is 77.7. The summed E-state index contributed by atoms with van der Waals surface area (Å²) in [6.07, 6.45) is -1.08. The normalized spacial score (nSPS) is 10.2. The molecule has 1 unspecified atom stereocenters. The minimum Gasteiger partial charge on any atom is -0.423 e. The van der Waals surface area contributed by atoms with Gasteiger partial charge in [-0.25, -0.2) is 29.0 Å². The van der Waals surface area contributed by atoms with E-state index in [1.54, 1.807) is 147 Å². The zero-order valence-electron chi connectivity index (χ0n) is 46.7. The maximum Gasteiger partial charge on any atom is 0.386 e. The average molecular weight is 1110 g/mol. The number of carbonyl (C=O) groups excluding carboxylic acids is 6. The zero-order chi connectivity index (χ0) is 59.8. The Bertz CT molecular complexity index is 3290. The summed E-state index contributed by atoms with van der Waals surface area (Å²) in [5.41, 5.74) is 7.16. The van der Waals surface area contributed by atoms with Gasteiger partial charge in [-0.05, 0) is 105 Å². The van der Waals surface area contributed by atoms with Crippen molar-refractivity contribution in [2.24, 2.45) is 0 Å². The molecule has 9 aromatic carbocycles. The van der Waals surface area contributed by atoms with E-state index in [0.717, 1.165) is 35.3 Å². The fraction of sp³-hybridized carbons (Fsp3) is 0.0986. The van der Waals surface area contributed by atoms with Crippen LogP contribution in [0.3, 0.4) is 0 Å². The maximum absolute atomic E-state index is 11.9. The van der Waals surface area contributed by atoms with Gasteiger partial charge in [0.05, 0.1) is 11.1 Å². The Morgan fingerprint density at radius 3 is 1.00 bits per heavy atom. The van der Waals surface area contributed by atoms with E-state index in [9.17, 15) is 33.9 Å². The lowest BCUT2D eigenvalue weighted by atomic mass is 10.0. The molecule has 0 aliphatic heterocycles. The summed E-state index contributed by atoms with van der Waals surface area (Å²) in [5.74, 6) is -1.60. The van der Waals surface area contributed by atoms with Crippen molar-refractivity contribution in [2.75, 3.05) is 18.0 Å². The van der Waals surface area contributed by atoms with E-state index < -0.39 is 30.0 Å². The fourth-order valence-corrected chi connectivity index (χ4v) is 7.26. The molecule has 420 valence electrons. The van der Waals surface area contributed by atoms with Crippen molar-refractivity contribution < 1.29 is 53.1 Å². The molecule has 9 rings (SSSR count). The smallest absolute Gasteiger partial charge is 0.386 e. The van der Waals surface area contributed by atoms with Crippen LogP contribution in [0.4, 0.5) is 5.69 Å². The minimum atomic E-state index is -1.08. The Morgan fingerprint density at radius 2 is 0.687 bits per heavy atom. The molecule has 12 heteroatoms. The Balaban J connectivity index is 0.000000194. The first-order valence-electron chi connectivity index (χ1n) is 26.4. The van der Waals surface area contributed by atoms with Gasteiger partial charge in [-0.1, -0.05) is 213 Å². The standard InChI is InChI=1S/C20H18O4.C14H10O4.C14H12O2.C13H10O.C10H15N/c1-13(2)19(21)23-17-9-5-15(6-10-17)16-7-11-18(12-8-16)24-20(22)14(3)4;15-13(11-7-3-1-4-8-11)17-18-14(16)12-9-5-2-6-10-12;15-13(11-7-3-1-4-8-11)14(16)12-9-5-2-6-10-12;14-13(11-7-3-1-4-8-11)12-9-5-2-6-10-12;1-3-11(4-2)10-8-6-5-7-9-10/h5-12H,1,3H2,2,4H3;1-10H;1-10,13,15H;1-10H;5-9H,3-4H2,1-2H3. The molecule has 9 aromatic rings.